The molecule has 1 saturated heterocycles. The molecule has 96 valence electrons. The third-order valence-electron chi connectivity index (χ3n) is 3.41. The summed E-state index contributed by atoms with van der Waals surface area (Å²) in [5.74, 6) is -0.858. The lowest BCUT2D eigenvalue weighted by atomic mass is 9.90. The number of nitrogens with zero attached hydrogens (tertiary/aromatic N) is 2. The van der Waals surface area contributed by atoms with Crippen molar-refractivity contribution < 1.29 is 14.8 Å². The van der Waals surface area contributed by atoms with Crippen LogP contribution in [0.15, 0.2) is 24.3 Å². The Kier molecular flexibility index (Phi) is 2.94. The maximum atomic E-state index is 11.2. The molecule has 2 rings (SSSR count). The number of benzene rings is 1. The van der Waals surface area contributed by atoms with E-state index in [0.717, 1.165) is 0 Å². The zero-order valence-corrected chi connectivity index (χ0v) is 10.00. The summed E-state index contributed by atoms with van der Waals surface area (Å²) in [6.45, 7) is 2.49. The van der Waals surface area contributed by atoms with Gasteiger partial charge < -0.3 is 10.0 Å². The molecular formula is C12H14N2O4. The lowest BCUT2D eigenvalue weighted by Crippen LogP contribution is -2.31. The quantitative estimate of drug-likeness (QED) is 0.654. The summed E-state index contributed by atoms with van der Waals surface area (Å²) in [5.41, 5.74) is -0.316. The average Bonchev–Trinajstić information content (AvgIpc) is 2.73. The monoisotopic (exact) mass is 250 g/mol. The smallest absolute Gasteiger partial charge is 0.311 e. The van der Waals surface area contributed by atoms with Gasteiger partial charge in [0.25, 0.3) is 5.69 Å². The Labute approximate surface area is 104 Å². The van der Waals surface area contributed by atoms with E-state index >= 15 is 0 Å². The highest BCUT2D eigenvalue weighted by Crippen LogP contribution is 2.37. The van der Waals surface area contributed by atoms with Gasteiger partial charge in [-0.25, -0.2) is 0 Å². The van der Waals surface area contributed by atoms with Gasteiger partial charge in [-0.05, 0) is 19.4 Å². The van der Waals surface area contributed by atoms with E-state index in [9.17, 15) is 14.9 Å². The number of nitro groups is 1. The summed E-state index contributed by atoms with van der Waals surface area (Å²) in [6.07, 6.45) is 0.494. The van der Waals surface area contributed by atoms with Crippen LogP contribution in [0.25, 0.3) is 0 Å². The van der Waals surface area contributed by atoms with Crippen molar-refractivity contribution in [2.45, 2.75) is 13.3 Å². The van der Waals surface area contributed by atoms with E-state index in [0.29, 0.717) is 25.2 Å². The highest BCUT2D eigenvalue weighted by molar-refractivity contribution is 5.77. The normalized spacial score (nSPS) is 23.1. The van der Waals surface area contributed by atoms with Gasteiger partial charge in [0, 0.05) is 19.2 Å². The van der Waals surface area contributed by atoms with E-state index < -0.39 is 16.3 Å². The minimum atomic E-state index is -0.858. The number of carboxylic acids is 1. The summed E-state index contributed by atoms with van der Waals surface area (Å²) in [7, 11) is 0. The van der Waals surface area contributed by atoms with E-state index in [1.807, 2.05) is 0 Å². The maximum Gasteiger partial charge on any atom is 0.311 e. The van der Waals surface area contributed by atoms with Gasteiger partial charge in [0.1, 0.15) is 5.69 Å². The van der Waals surface area contributed by atoms with Crippen LogP contribution in [0.4, 0.5) is 11.4 Å². The van der Waals surface area contributed by atoms with Gasteiger partial charge in [-0.3, -0.25) is 14.9 Å². The number of anilines is 1. The van der Waals surface area contributed by atoms with Crippen LogP contribution in [0.2, 0.25) is 0 Å². The molecule has 0 spiro atoms. The molecule has 0 bridgehead atoms. The molecule has 0 aliphatic carbocycles. The van der Waals surface area contributed by atoms with Gasteiger partial charge in [-0.1, -0.05) is 12.1 Å². The number of rotatable bonds is 3. The van der Waals surface area contributed by atoms with E-state index in [2.05, 4.69) is 0 Å². The van der Waals surface area contributed by atoms with Crippen molar-refractivity contribution in [3.05, 3.63) is 34.4 Å². The average molecular weight is 250 g/mol. The van der Waals surface area contributed by atoms with Crippen molar-refractivity contribution in [2.24, 2.45) is 5.41 Å². The Balaban J connectivity index is 2.30. The van der Waals surface area contributed by atoms with Crippen LogP contribution in [-0.4, -0.2) is 29.1 Å². The third-order valence-corrected chi connectivity index (χ3v) is 3.41. The van der Waals surface area contributed by atoms with Crippen LogP contribution in [0, 0.1) is 15.5 Å². The fourth-order valence-corrected chi connectivity index (χ4v) is 2.23. The predicted octanol–water partition coefficient (Wildman–Crippen LogP) is 1.90. The number of aliphatic carboxylic acids is 1. The van der Waals surface area contributed by atoms with Crippen LogP contribution < -0.4 is 4.90 Å². The second-order valence-electron chi connectivity index (χ2n) is 4.78. The fraction of sp³-hybridized carbons (Fsp3) is 0.417. The first-order valence-corrected chi connectivity index (χ1v) is 5.66. The van der Waals surface area contributed by atoms with Gasteiger partial charge in [0.15, 0.2) is 0 Å². The van der Waals surface area contributed by atoms with E-state index in [1.54, 1.807) is 30.0 Å². The molecule has 1 N–H and O–H groups in total. The zero-order chi connectivity index (χ0) is 13.3. The molecule has 1 atom stereocenters. The first-order valence-electron chi connectivity index (χ1n) is 5.66. The van der Waals surface area contributed by atoms with Crippen LogP contribution in [0.1, 0.15) is 13.3 Å². The summed E-state index contributed by atoms with van der Waals surface area (Å²) < 4.78 is 0. The second-order valence-corrected chi connectivity index (χ2v) is 4.78. The molecular weight excluding hydrogens is 236 g/mol. The van der Waals surface area contributed by atoms with Crippen molar-refractivity contribution in [2.75, 3.05) is 18.0 Å². The zero-order valence-electron chi connectivity index (χ0n) is 10.00. The molecule has 6 nitrogen and oxygen atoms in total. The molecule has 1 aliphatic heterocycles. The van der Waals surface area contributed by atoms with Crippen molar-refractivity contribution in [3.8, 4) is 0 Å². The molecule has 1 heterocycles. The molecule has 1 unspecified atom stereocenters. The Morgan fingerprint density at radius 3 is 2.72 bits per heavy atom. The van der Waals surface area contributed by atoms with Crippen LogP contribution in [-0.2, 0) is 4.79 Å². The number of nitro benzene ring substituents is 1. The van der Waals surface area contributed by atoms with E-state index in [1.165, 1.54) is 6.07 Å². The van der Waals surface area contributed by atoms with Crippen molar-refractivity contribution in [1.82, 2.24) is 0 Å². The third kappa shape index (κ3) is 2.01. The number of hydrogen-bond donors (Lipinski definition) is 1. The van der Waals surface area contributed by atoms with Crippen LogP contribution >= 0.6 is 0 Å². The summed E-state index contributed by atoms with van der Waals surface area (Å²) in [4.78, 5) is 23.4. The molecule has 1 aromatic rings. The highest BCUT2D eigenvalue weighted by atomic mass is 16.6. The van der Waals surface area contributed by atoms with Gasteiger partial charge in [0.2, 0.25) is 0 Å². The molecule has 18 heavy (non-hydrogen) atoms. The Bertz CT molecular complexity index is 503. The van der Waals surface area contributed by atoms with Crippen LogP contribution in [0.3, 0.4) is 0 Å². The molecule has 1 fully saturated rings. The van der Waals surface area contributed by atoms with Crippen molar-refractivity contribution >= 4 is 17.3 Å². The van der Waals surface area contributed by atoms with Crippen molar-refractivity contribution in [3.63, 3.8) is 0 Å². The molecule has 0 aromatic heterocycles. The Morgan fingerprint density at radius 2 is 2.17 bits per heavy atom. The lowest BCUT2D eigenvalue weighted by Gasteiger charge is -2.21. The summed E-state index contributed by atoms with van der Waals surface area (Å²) in [6, 6.07) is 6.42. The SMILES string of the molecule is CC1(C(=O)O)CCN(c2ccccc2[N+](=O)[O-])C1. The molecule has 0 radical (unpaired) electrons. The van der Waals surface area contributed by atoms with E-state index in [4.69, 9.17) is 5.11 Å². The van der Waals surface area contributed by atoms with Gasteiger partial charge in [-0.2, -0.15) is 0 Å². The minimum Gasteiger partial charge on any atom is -0.481 e. The van der Waals surface area contributed by atoms with E-state index in [-0.39, 0.29) is 5.69 Å². The largest absolute Gasteiger partial charge is 0.481 e. The standard InChI is InChI=1S/C12H14N2O4/c1-12(11(15)16)6-7-13(8-12)9-4-2-3-5-10(9)14(17)18/h2-5H,6-8H2,1H3,(H,15,16). The summed E-state index contributed by atoms with van der Waals surface area (Å²) >= 11 is 0. The second kappa shape index (κ2) is 4.29. The Hall–Kier alpha value is -2.11. The predicted molar refractivity (Wildman–Crippen MR) is 65.7 cm³/mol. The number of carboxylic acid groups (broad SMARTS) is 1. The maximum absolute atomic E-state index is 11.2. The highest BCUT2D eigenvalue weighted by Gasteiger charge is 2.41. The lowest BCUT2D eigenvalue weighted by molar-refractivity contribution is -0.384. The molecule has 0 amide bonds. The summed E-state index contributed by atoms with van der Waals surface area (Å²) in [5, 5.41) is 20.1. The number of carbonyl (C=O) groups is 1. The van der Waals surface area contributed by atoms with Gasteiger partial charge in [0.05, 0.1) is 10.3 Å². The molecule has 6 heteroatoms. The Morgan fingerprint density at radius 1 is 1.50 bits per heavy atom. The minimum absolute atomic E-state index is 0.0205. The molecule has 0 saturated carbocycles. The number of hydrogen-bond acceptors (Lipinski definition) is 4. The number of para-hydroxylation sites is 2. The van der Waals surface area contributed by atoms with Crippen LogP contribution in [0.5, 0.6) is 0 Å². The van der Waals surface area contributed by atoms with Crippen molar-refractivity contribution in [1.29, 1.82) is 0 Å². The van der Waals surface area contributed by atoms with Gasteiger partial charge >= 0.3 is 5.97 Å². The molecule has 1 aliphatic rings. The fourth-order valence-electron chi connectivity index (χ4n) is 2.23. The van der Waals surface area contributed by atoms with Gasteiger partial charge in [-0.15, -0.1) is 0 Å². The topological polar surface area (TPSA) is 83.7 Å². The molecule has 1 aromatic carbocycles. The first kappa shape index (κ1) is 12.3. The first-order chi connectivity index (χ1) is 8.44.